The Bertz CT molecular complexity index is 956. The molecule has 4 rings (SSSR count). The van der Waals surface area contributed by atoms with Crippen molar-refractivity contribution in [2.45, 2.75) is 6.43 Å². The van der Waals surface area contributed by atoms with Crippen LogP contribution in [0.2, 0.25) is 0 Å². The summed E-state index contributed by atoms with van der Waals surface area (Å²) in [6, 6.07) is 5.22. The largest absolute Gasteiger partial charge is 0.477 e. The molecule has 0 unspecified atom stereocenters. The molecule has 2 aliphatic rings. The van der Waals surface area contributed by atoms with Gasteiger partial charge < -0.3 is 14.4 Å². The second-order valence-corrected chi connectivity index (χ2v) is 7.45. The van der Waals surface area contributed by atoms with Crippen LogP contribution in [0.25, 0.3) is 0 Å². The summed E-state index contributed by atoms with van der Waals surface area (Å²) in [5.74, 6) is -0.0452. The highest BCUT2D eigenvalue weighted by atomic mass is 19.3. The van der Waals surface area contributed by atoms with Crippen molar-refractivity contribution < 1.29 is 23.0 Å². The number of nitrogens with zero attached hydrogens (tertiary/aromatic N) is 5. The van der Waals surface area contributed by atoms with E-state index in [4.69, 9.17) is 14.7 Å². The molecule has 0 saturated carbocycles. The average molecular weight is 403 g/mol. The lowest BCUT2D eigenvalue weighted by atomic mass is 9.82. The lowest BCUT2D eigenvalue weighted by molar-refractivity contribution is 0.0646. The van der Waals surface area contributed by atoms with Crippen LogP contribution >= 0.6 is 0 Å². The quantitative estimate of drug-likeness (QED) is 0.756. The smallest absolute Gasteiger partial charge is 0.282 e. The number of hydrogen-bond donors (Lipinski definition) is 0. The molecule has 0 aliphatic carbocycles. The topological polar surface area (TPSA) is 93.3 Å². The van der Waals surface area contributed by atoms with Crippen LogP contribution in [0.5, 0.6) is 5.88 Å². The number of alkyl halides is 2. The van der Waals surface area contributed by atoms with E-state index in [1.54, 1.807) is 17.0 Å². The zero-order chi connectivity index (χ0) is 20.6. The molecule has 8 nitrogen and oxygen atoms in total. The maximum atomic E-state index is 13.2. The minimum absolute atomic E-state index is 0.0384. The minimum Gasteiger partial charge on any atom is -0.477 e. The summed E-state index contributed by atoms with van der Waals surface area (Å²) >= 11 is 0. The van der Waals surface area contributed by atoms with Crippen LogP contribution in [0.3, 0.4) is 0 Å². The molecule has 152 valence electrons. The van der Waals surface area contributed by atoms with Crippen molar-refractivity contribution in [3.05, 3.63) is 41.3 Å². The zero-order valence-corrected chi connectivity index (χ0v) is 15.7. The molecule has 0 bridgehead atoms. The van der Waals surface area contributed by atoms with Gasteiger partial charge in [-0.25, -0.2) is 13.8 Å². The first-order valence-corrected chi connectivity index (χ1v) is 9.09. The summed E-state index contributed by atoms with van der Waals surface area (Å²) in [5.41, 5.74) is -0.578. The predicted octanol–water partition coefficient (Wildman–Crippen LogP) is 1.79. The van der Waals surface area contributed by atoms with Gasteiger partial charge in [0.2, 0.25) is 5.88 Å². The molecule has 0 N–H and O–H groups in total. The van der Waals surface area contributed by atoms with E-state index in [1.807, 2.05) is 6.07 Å². The Hall–Kier alpha value is -3.06. The number of ether oxygens (including phenoxy) is 2. The van der Waals surface area contributed by atoms with Gasteiger partial charge in [0, 0.05) is 44.5 Å². The number of pyridine rings is 1. The Kier molecular flexibility index (Phi) is 4.92. The van der Waals surface area contributed by atoms with Crippen molar-refractivity contribution in [3.8, 4) is 11.9 Å². The Morgan fingerprint density at radius 2 is 2.34 bits per heavy atom. The standard InChI is InChI=1S/C19H19F2N5O3/c1-25-7-14(16(24-25)17(20)21)18(27)26-6-13-8-28-10-19(13,9-26)11-29-15-3-2-12(4-22)5-23-15/h2-3,5,7,13,17H,6,8-11H2,1H3/t13-,19+/m1/s1. The number of fused-ring (bicyclic) bond motifs is 1. The van der Waals surface area contributed by atoms with E-state index in [9.17, 15) is 13.6 Å². The van der Waals surface area contributed by atoms with Gasteiger partial charge in [-0.1, -0.05) is 0 Å². The highest BCUT2D eigenvalue weighted by Crippen LogP contribution is 2.42. The van der Waals surface area contributed by atoms with Gasteiger partial charge in [0.05, 0.1) is 36.4 Å². The van der Waals surface area contributed by atoms with E-state index in [1.165, 1.54) is 24.1 Å². The van der Waals surface area contributed by atoms with Crippen LogP contribution in [0, 0.1) is 22.7 Å². The first-order valence-electron chi connectivity index (χ1n) is 9.09. The molecule has 0 radical (unpaired) electrons. The number of hydrogen-bond acceptors (Lipinski definition) is 6. The van der Waals surface area contributed by atoms with Crippen LogP contribution in [-0.4, -0.2) is 58.5 Å². The fourth-order valence-electron chi connectivity index (χ4n) is 3.94. The molecule has 2 fully saturated rings. The van der Waals surface area contributed by atoms with Crippen molar-refractivity contribution in [1.29, 1.82) is 5.26 Å². The van der Waals surface area contributed by atoms with Crippen LogP contribution in [0.1, 0.15) is 28.0 Å². The Morgan fingerprint density at radius 3 is 3.03 bits per heavy atom. The van der Waals surface area contributed by atoms with Crippen LogP contribution in [0.4, 0.5) is 8.78 Å². The number of aryl methyl sites for hydroxylation is 1. The summed E-state index contributed by atoms with van der Waals surface area (Å²) in [6.07, 6.45) is -0.0625. The summed E-state index contributed by atoms with van der Waals surface area (Å²) in [5, 5.41) is 12.6. The normalized spacial score (nSPS) is 23.3. The third-order valence-electron chi connectivity index (χ3n) is 5.48. The van der Waals surface area contributed by atoms with E-state index in [-0.39, 0.29) is 18.1 Å². The molecule has 2 aliphatic heterocycles. The van der Waals surface area contributed by atoms with Gasteiger partial charge >= 0.3 is 0 Å². The predicted molar refractivity (Wildman–Crippen MR) is 95.3 cm³/mol. The summed E-state index contributed by atoms with van der Waals surface area (Å²) in [4.78, 5) is 18.6. The van der Waals surface area contributed by atoms with E-state index < -0.39 is 23.4 Å². The zero-order valence-electron chi connectivity index (χ0n) is 15.7. The molecule has 4 heterocycles. The van der Waals surface area contributed by atoms with Crippen molar-refractivity contribution in [2.75, 3.05) is 32.9 Å². The van der Waals surface area contributed by atoms with Crippen LogP contribution in [0.15, 0.2) is 24.5 Å². The van der Waals surface area contributed by atoms with Gasteiger partial charge in [0.25, 0.3) is 12.3 Å². The van der Waals surface area contributed by atoms with E-state index >= 15 is 0 Å². The third-order valence-corrected chi connectivity index (χ3v) is 5.48. The molecule has 29 heavy (non-hydrogen) atoms. The third kappa shape index (κ3) is 3.53. The minimum atomic E-state index is -2.82. The number of likely N-dealkylation sites (tertiary alicyclic amines) is 1. The van der Waals surface area contributed by atoms with Gasteiger partial charge in [0.1, 0.15) is 11.8 Å². The van der Waals surface area contributed by atoms with Crippen LogP contribution < -0.4 is 4.74 Å². The maximum Gasteiger partial charge on any atom is 0.282 e. The fraction of sp³-hybridized carbons (Fsp3) is 0.474. The molecule has 0 spiro atoms. The summed E-state index contributed by atoms with van der Waals surface area (Å²) in [7, 11) is 1.51. The number of halogens is 2. The van der Waals surface area contributed by atoms with Gasteiger partial charge in [-0.3, -0.25) is 9.48 Å². The number of rotatable bonds is 5. The number of nitriles is 1. The van der Waals surface area contributed by atoms with E-state index in [0.717, 1.165) is 0 Å². The van der Waals surface area contributed by atoms with E-state index in [0.29, 0.717) is 37.7 Å². The summed E-state index contributed by atoms with van der Waals surface area (Å²) in [6.45, 7) is 1.90. The second-order valence-electron chi connectivity index (χ2n) is 7.45. The number of carbonyl (C=O) groups excluding carboxylic acids is 1. The molecule has 2 aromatic rings. The summed E-state index contributed by atoms with van der Waals surface area (Å²) < 4.78 is 39.2. The first kappa shape index (κ1) is 19.3. The molecular weight excluding hydrogens is 384 g/mol. The molecular formula is C19H19F2N5O3. The van der Waals surface area contributed by atoms with Crippen molar-refractivity contribution >= 4 is 5.91 Å². The molecule has 2 atom stereocenters. The van der Waals surface area contributed by atoms with Gasteiger partial charge in [0.15, 0.2) is 0 Å². The maximum absolute atomic E-state index is 13.2. The van der Waals surface area contributed by atoms with Gasteiger partial charge in [-0.05, 0) is 6.07 Å². The highest BCUT2D eigenvalue weighted by Gasteiger charge is 2.53. The average Bonchev–Trinajstić information content (AvgIpc) is 3.38. The first-order chi connectivity index (χ1) is 13.9. The van der Waals surface area contributed by atoms with Crippen molar-refractivity contribution in [3.63, 3.8) is 0 Å². The number of amides is 1. The van der Waals surface area contributed by atoms with Gasteiger partial charge in [-0.2, -0.15) is 10.4 Å². The molecule has 0 aromatic carbocycles. The SMILES string of the molecule is Cn1cc(C(=O)N2C[C@@H]3COC[C@]3(COc3ccc(C#N)cn3)C2)c(C(F)F)n1. The Morgan fingerprint density at radius 1 is 1.52 bits per heavy atom. The molecule has 2 aromatic heterocycles. The van der Waals surface area contributed by atoms with Crippen molar-refractivity contribution in [1.82, 2.24) is 19.7 Å². The molecule has 10 heteroatoms. The monoisotopic (exact) mass is 403 g/mol. The highest BCUT2D eigenvalue weighted by molar-refractivity contribution is 5.95. The van der Waals surface area contributed by atoms with Gasteiger partial charge in [-0.15, -0.1) is 0 Å². The Balaban J connectivity index is 1.49. The van der Waals surface area contributed by atoms with E-state index in [2.05, 4.69) is 10.1 Å². The van der Waals surface area contributed by atoms with Crippen LogP contribution in [-0.2, 0) is 11.8 Å². The lowest BCUT2D eigenvalue weighted by Crippen LogP contribution is -2.38. The molecule has 1 amide bonds. The fourth-order valence-corrected chi connectivity index (χ4v) is 3.94. The Labute approximate surface area is 165 Å². The number of carbonyl (C=O) groups is 1. The lowest BCUT2D eigenvalue weighted by Gasteiger charge is -2.26. The second kappa shape index (κ2) is 7.40. The van der Waals surface area contributed by atoms with Crippen molar-refractivity contribution in [2.24, 2.45) is 18.4 Å². The number of aromatic nitrogens is 3. The molecule has 2 saturated heterocycles.